The van der Waals surface area contributed by atoms with Crippen molar-refractivity contribution in [3.63, 3.8) is 0 Å². The van der Waals surface area contributed by atoms with E-state index in [2.05, 4.69) is 115 Å². The Bertz CT molecular complexity index is 3750. The maximum Gasteiger partial charge on any atom is 0.197 e. The third kappa shape index (κ3) is 6.29. The third-order valence-electron chi connectivity index (χ3n) is 11.8. The zero-order valence-electron chi connectivity index (χ0n) is 34.7. The van der Waals surface area contributed by atoms with Crippen LogP contribution < -0.4 is 0 Å². The fourth-order valence-corrected chi connectivity index (χ4v) is 8.92. The summed E-state index contributed by atoms with van der Waals surface area (Å²) in [6.07, 6.45) is 13.9. The highest BCUT2D eigenvalue weighted by Gasteiger charge is 2.24. The van der Waals surface area contributed by atoms with Crippen LogP contribution in [0.3, 0.4) is 0 Å². The average molecular weight is 847 g/mol. The molecule has 12 nitrogen and oxygen atoms in total. The largest absolute Gasteiger partial charge is 0.308 e. The van der Waals surface area contributed by atoms with Crippen molar-refractivity contribution in [3.8, 4) is 74.1 Å². The van der Waals surface area contributed by atoms with Gasteiger partial charge in [0.1, 0.15) is 0 Å². The molecule has 6 aromatic carbocycles. The molecular formula is C54H30N12. The minimum atomic E-state index is 0.426. The Kier molecular flexibility index (Phi) is 8.93. The van der Waals surface area contributed by atoms with Crippen LogP contribution in [-0.2, 0) is 0 Å². The SMILES string of the molecule is [C-]#[N+]c1cc(-n2c3ccc(-c4ncccn4)cc3c3cc(-c4ncccn4)ccc32)c(-n2c3ccc(-c4ncccn4)cc3c3cc(-c4ncccn4)ccc32)cc1-c1cccc(C#N)c1. The van der Waals surface area contributed by atoms with Crippen molar-refractivity contribution in [1.82, 2.24) is 49.0 Å². The van der Waals surface area contributed by atoms with Gasteiger partial charge in [-0.2, -0.15) is 5.26 Å². The second-order valence-corrected chi connectivity index (χ2v) is 15.6. The number of nitrogens with zero attached hydrogens (tertiary/aromatic N) is 12. The smallest absolute Gasteiger partial charge is 0.197 e. The van der Waals surface area contributed by atoms with E-state index in [-0.39, 0.29) is 0 Å². The van der Waals surface area contributed by atoms with E-state index in [1.807, 2.05) is 48.5 Å². The van der Waals surface area contributed by atoms with E-state index in [4.69, 9.17) is 6.57 Å². The van der Waals surface area contributed by atoms with Gasteiger partial charge < -0.3 is 9.13 Å². The Labute approximate surface area is 376 Å². The molecular weight excluding hydrogens is 817 g/mol. The number of fused-ring (bicyclic) bond motifs is 6. The summed E-state index contributed by atoms with van der Waals surface area (Å²) in [7, 11) is 0. The van der Waals surface area contributed by atoms with Crippen molar-refractivity contribution in [1.29, 1.82) is 5.26 Å². The van der Waals surface area contributed by atoms with Gasteiger partial charge in [-0.15, -0.1) is 0 Å². The molecule has 0 fully saturated rings. The summed E-state index contributed by atoms with van der Waals surface area (Å²) in [5.41, 5.74) is 11.0. The van der Waals surface area contributed by atoms with Crippen LogP contribution in [0.4, 0.5) is 5.69 Å². The number of aromatic nitrogens is 10. The van der Waals surface area contributed by atoms with Gasteiger partial charge in [0.2, 0.25) is 0 Å². The summed E-state index contributed by atoms with van der Waals surface area (Å²) in [4.78, 5) is 40.9. The number of hydrogen-bond donors (Lipinski definition) is 0. The molecule has 66 heavy (non-hydrogen) atoms. The summed E-state index contributed by atoms with van der Waals surface area (Å²) in [6.45, 7) is 8.64. The van der Waals surface area contributed by atoms with Crippen molar-refractivity contribution in [2.24, 2.45) is 0 Å². The minimum absolute atomic E-state index is 0.426. The monoisotopic (exact) mass is 846 g/mol. The first-order chi connectivity index (χ1) is 32.6. The molecule has 6 heterocycles. The van der Waals surface area contributed by atoms with Crippen LogP contribution in [0.1, 0.15) is 5.56 Å². The van der Waals surface area contributed by atoms with Crippen LogP contribution >= 0.6 is 0 Å². The van der Waals surface area contributed by atoms with Crippen LogP contribution in [0.2, 0.25) is 0 Å². The van der Waals surface area contributed by atoms with Crippen molar-refractivity contribution >= 4 is 49.3 Å². The van der Waals surface area contributed by atoms with Gasteiger partial charge in [-0.25, -0.2) is 44.7 Å². The Balaban J connectivity index is 1.21. The summed E-state index contributed by atoms with van der Waals surface area (Å²) in [5, 5.41) is 13.8. The molecule has 0 N–H and O–H groups in total. The molecule has 6 aromatic heterocycles. The van der Waals surface area contributed by atoms with Crippen molar-refractivity contribution < 1.29 is 0 Å². The lowest BCUT2D eigenvalue weighted by molar-refractivity contribution is 1.10. The van der Waals surface area contributed by atoms with Crippen LogP contribution in [0, 0.1) is 17.9 Å². The summed E-state index contributed by atoms with van der Waals surface area (Å²) in [6, 6.07) is 46.0. The predicted molar refractivity (Wildman–Crippen MR) is 256 cm³/mol. The van der Waals surface area contributed by atoms with Crippen molar-refractivity contribution in [2.45, 2.75) is 0 Å². The lowest BCUT2D eigenvalue weighted by Crippen LogP contribution is -2.04. The third-order valence-corrected chi connectivity index (χ3v) is 11.8. The van der Waals surface area contributed by atoms with Gasteiger partial charge in [-0.3, -0.25) is 0 Å². The van der Waals surface area contributed by atoms with E-state index in [0.717, 1.165) is 82.8 Å². The first-order valence-corrected chi connectivity index (χ1v) is 21.0. The molecule has 0 bridgehead atoms. The fourth-order valence-electron chi connectivity index (χ4n) is 8.92. The summed E-state index contributed by atoms with van der Waals surface area (Å²) < 4.78 is 4.48. The predicted octanol–water partition coefficient (Wildman–Crippen LogP) is 11.8. The number of nitriles is 1. The van der Waals surface area contributed by atoms with E-state index in [0.29, 0.717) is 40.1 Å². The van der Waals surface area contributed by atoms with E-state index >= 15 is 0 Å². The molecule has 0 spiro atoms. The van der Waals surface area contributed by atoms with Crippen molar-refractivity contribution in [3.05, 3.63) is 200 Å². The van der Waals surface area contributed by atoms with E-state index in [1.54, 1.807) is 79.9 Å². The summed E-state index contributed by atoms with van der Waals surface area (Å²) in [5.74, 6) is 2.42. The molecule has 0 saturated heterocycles. The highest BCUT2D eigenvalue weighted by atomic mass is 15.1. The van der Waals surface area contributed by atoms with E-state index in [9.17, 15) is 5.26 Å². The average Bonchev–Trinajstić information content (AvgIpc) is 3.90. The molecule has 12 rings (SSSR count). The number of benzene rings is 6. The van der Waals surface area contributed by atoms with Crippen LogP contribution in [0.15, 0.2) is 183 Å². The summed E-state index contributed by atoms with van der Waals surface area (Å²) >= 11 is 0. The molecule has 12 heteroatoms. The molecule has 12 aromatic rings. The minimum Gasteiger partial charge on any atom is -0.308 e. The van der Waals surface area contributed by atoms with Gasteiger partial charge in [-0.05, 0) is 132 Å². The number of rotatable bonds is 7. The molecule has 0 atom stereocenters. The van der Waals surface area contributed by atoms with Crippen LogP contribution in [-0.4, -0.2) is 49.0 Å². The standard InChI is InChI=1S/C54H30N12/c1-56-44-31-50(66-47-15-11-37(53-61-21-5-22-62-53)28-42(47)43-29-38(12-16-48(43)66)54-63-23-6-24-64-54)49(30-39(44)34-8-2-7-33(25-34)32-55)65-45-13-9-35(51-57-17-3-18-58-51)26-40(45)41-27-36(10-14-46(41)65)52-59-19-4-20-60-52/h2-31H. The second-order valence-electron chi connectivity index (χ2n) is 15.6. The van der Waals surface area contributed by atoms with Crippen molar-refractivity contribution in [2.75, 3.05) is 0 Å². The molecule has 0 aliphatic carbocycles. The first-order valence-electron chi connectivity index (χ1n) is 21.0. The van der Waals surface area contributed by atoms with Crippen LogP contribution in [0.5, 0.6) is 0 Å². The molecule has 0 aliphatic rings. The molecule has 0 saturated carbocycles. The molecule has 0 amide bonds. The fraction of sp³-hybridized carbons (Fsp3) is 0. The molecule has 0 aliphatic heterocycles. The van der Waals surface area contributed by atoms with E-state index < -0.39 is 0 Å². The number of hydrogen-bond acceptors (Lipinski definition) is 9. The normalized spacial score (nSPS) is 11.3. The maximum absolute atomic E-state index is 9.99. The van der Waals surface area contributed by atoms with E-state index in [1.165, 1.54) is 0 Å². The molecule has 306 valence electrons. The Morgan fingerprint density at radius 1 is 0.394 bits per heavy atom. The highest BCUT2D eigenvalue weighted by Crippen LogP contribution is 2.45. The lowest BCUT2D eigenvalue weighted by Gasteiger charge is -2.20. The zero-order chi connectivity index (χ0) is 44.1. The quantitative estimate of drug-likeness (QED) is 0.143. The van der Waals surface area contributed by atoms with Gasteiger partial charge in [0.15, 0.2) is 29.0 Å². The Morgan fingerprint density at radius 3 is 1.11 bits per heavy atom. The second kappa shape index (κ2) is 15.5. The first kappa shape index (κ1) is 37.9. The van der Waals surface area contributed by atoms with Gasteiger partial charge in [-0.1, -0.05) is 12.1 Å². The Hall–Kier alpha value is -9.78. The van der Waals surface area contributed by atoms with Crippen LogP contribution in [0.25, 0.3) is 117 Å². The Morgan fingerprint density at radius 2 is 0.758 bits per heavy atom. The van der Waals surface area contributed by atoms with Gasteiger partial charge >= 0.3 is 0 Å². The molecule has 0 unspecified atom stereocenters. The topological polar surface area (TPSA) is 141 Å². The zero-order valence-corrected chi connectivity index (χ0v) is 34.7. The van der Waals surface area contributed by atoms with Gasteiger partial charge in [0.05, 0.1) is 51.6 Å². The lowest BCUT2D eigenvalue weighted by atomic mass is 9.99. The van der Waals surface area contributed by atoms with Gasteiger partial charge in [0, 0.05) is 93.4 Å². The highest BCUT2D eigenvalue weighted by molar-refractivity contribution is 6.14. The molecule has 0 radical (unpaired) electrons. The van der Waals surface area contributed by atoms with Gasteiger partial charge in [0.25, 0.3) is 0 Å². The maximum atomic E-state index is 9.99.